The zero-order valence-electron chi connectivity index (χ0n) is 21.8. The van der Waals surface area contributed by atoms with Crippen LogP contribution in [0.4, 0.5) is 8.78 Å². The first-order valence-electron chi connectivity index (χ1n) is 12.6. The smallest absolute Gasteiger partial charge is 0.387 e. The molecule has 1 saturated carbocycles. The zero-order chi connectivity index (χ0) is 27.8. The third-order valence-corrected chi connectivity index (χ3v) is 6.12. The highest BCUT2D eigenvalue weighted by Gasteiger charge is 2.38. The van der Waals surface area contributed by atoms with E-state index in [0.717, 1.165) is 12.8 Å². The highest BCUT2D eigenvalue weighted by atomic mass is 19.3. The number of halogens is 2. The summed E-state index contributed by atoms with van der Waals surface area (Å²) >= 11 is 0. The fraction of sp³-hybridized carbons (Fsp3) is 0.560. The number of amides is 1. The van der Waals surface area contributed by atoms with Gasteiger partial charge in [-0.3, -0.25) is 9.69 Å². The van der Waals surface area contributed by atoms with E-state index in [9.17, 15) is 18.4 Å². The van der Waals surface area contributed by atoms with Crippen LogP contribution in [0.2, 0.25) is 0 Å². The van der Waals surface area contributed by atoms with Crippen molar-refractivity contribution in [1.29, 1.82) is 0 Å². The van der Waals surface area contributed by atoms with E-state index >= 15 is 0 Å². The number of alkyl halides is 2. The van der Waals surface area contributed by atoms with E-state index in [1.54, 1.807) is 0 Å². The number of carbonyl (C=O) groups excluding carboxylic acids is 2. The number of aromatic nitrogens is 1. The van der Waals surface area contributed by atoms with Gasteiger partial charge in [0.1, 0.15) is 6.04 Å². The van der Waals surface area contributed by atoms with Crippen molar-refractivity contribution in [2.24, 2.45) is 17.4 Å². The number of hydrogen-bond donors (Lipinski definition) is 2. The fourth-order valence-corrected chi connectivity index (χ4v) is 3.94. The maximum atomic E-state index is 13.4. The highest BCUT2D eigenvalue weighted by molar-refractivity contribution is 5.96. The lowest BCUT2D eigenvalue weighted by molar-refractivity contribution is -0.148. The molecule has 1 amide bonds. The number of hydrogen-bond acceptors (Lipinski definition) is 10. The van der Waals surface area contributed by atoms with E-state index in [1.807, 2.05) is 18.7 Å². The summed E-state index contributed by atoms with van der Waals surface area (Å²) in [5, 5.41) is 0. The van der Waals surface area contributed by atoms with Gasteiger partial charge in [-0.15, -0.1) is 0 Å². The number of esters is 1. The Morgan fingerprint density at radius 3 is 2.53 bits per heavy atom. The van der Waals surface area contributed by atoms with Crippen molar-refractivity contribution in [3.05, 3.63) is 29.7 Å². The van der Waals surface area contributed by atoms with Gasteiger partial charge in [0, 0.05) is 31.9 Å². The summed E-state index contributed by atoms with van der Waals surface area (Å²) in [6, 6.07) is 3.40. The van der Waals surface area contributed by atoms with Crippen molar-refractivity contribution in [2.75, 3.05) is 40.0 Å². The number of methoxy groups -OCH3 is 1. The Bertz CT molecular complexity index is 1090. The third kappa shape index (κ3) is 6.97. The summed E-state index contributed by atoms with van der Waals surface area (Å²) in [7, 11) is 1.25. The van der Waals surface area contributed by atoms with Gasteiger partial charge in [-0.2, -0.15) is 8.78 Å². The van der Waals surface area contributed by atoms with Gasteiger partial charge in [-0.05, 0) is 37.0 Å². The Morgan fingerprint density at radius 1 is 1.18 bits per heavy atom. The topological polar surface area (TPSA) is 146 Å². The molecule has 11 nitrogen and oxygen atoms in total. The van der Waals surface area contributed by atoms with Crippen molar-refractivity contribution in [2.45, 2.75) is 45.9 Å². The Morgan fingerprint density at radius 2 is 1.92 bits per heavy atom. The summed E-state index contributed by atoms with van der Waals surface area (Å²) in [5.41, 5.74) is 11.9. The molecule has 1 aromatic carbocycles. The Balaban J connectivity index is 0.00000195. The minimum atomic E-state index is -3.02. The van der Waals surface area contributed by atoms with Crippen LogP contribution in [0.25, 0.3) is 11.5 Å². The molecular weight excluding hydrogens is 504 g/mol. The molecule has 1 saturated heterocycles. The minimum absolute atomic E-state index is 0.0454. The van der Waals surface area contributed by atoms with Crippen molar-refractivity contribution in [3.8, 4) is 23.0 Å². The van der Waals surface area contributed by atoms with Crippen LogP contribution in [0.3, 0.4) is 0 Å². The first-order chi connectivity index (χ1) is 18.3. The van der Waals surface area contributed by atoms with Crippen molar-refractivity contribution in [1.82, 2.24) is 14.8 Å². The molecule has 2 aliphatic rings. The Labute approximate surface area is 220 Å². The second kappa shape index (κ2) is 13.5. The zero-order valence-corrected chi connectivity index (χ0v) is 21.8. The molecule has 1 aliphatic carbocycles. The number of oxazole rings is 1. The van der Waals surface area contributed by atoms with Crippen LogP contribution in [0, 0.1) is 5.92 Å². The molecule has 38 heavy (non-hydrogen) atoms. The normalized spacial score (nSPS) is 17.6. The molecule has 0 spiro atoms. The van der Waals surface area contributed by atoms with Gasteiger partial charge in [0.2, 0.25) is 5.89 Å². The predicted octanol–water partition coefficient (Wildman–Crippen LogP) is 2.43. The van der Waals surface area contributed by atoms with Gasteiger partial charge in [-0.1, -0.05) is 13.8 Å². The molecule has 210 valence electrons. The lowest BCUT2D eigenvalue weighted by Crippen LogP contribution is -2.59. The highest BCUT2D eigenvalue weighted by Crippen LogP contribution is 2.37. The lowest BCUT2D eigenvalue weighted by atomic mass is 10.1. The number of benzene rings is 1. The first kappa shape index (κ1) is 29.3. The lowest BCUT2D eigenvalue weighted by Gasteiger charge is -2.38. The summed E-state index contributed by atoms with van der Waals surface area (Å²) in [4.78, 5) is 33.4. The second-order valence-corrected chi connectivity index (χ2v) is 8.59. The third-order valence-electron chi connectivity index (χ3n) is 6.12. The van der Waals surface area contributed by atoms with Gasteiger partial charge in [0.25, 0.3) is 5.91 Å². The number of nitrogens with zero attached hydrogens (tertiary/aromatic N) is 3. The largest absolute Gasteiger partial charge is 0.489 e. The Hall–Kier alpha value is -3.29. The number of nitrogens with two attached hydrogens (primary N) is 2. The molecule has 1 aromatic heterocycles. The summed E-state index contributed by atoms with van der Waals surface area (Å²) < 4.78 is 46.6. The molecule has 2 fully saturated rings. The molecule has 0 bridgehead atoms. The van der Waals surface area contributed by atoms with Crippen LogP contribution < -0.4 is 20.9 Å². The maximum absolute atomic E-state index is 13.4. The number of ether oxygens (including phenoxy) is 3. The molecule has 1 unspecified atom stereocenters. The van der Waals surface area contributed by atoms with Crippen molar-refractivity contribution >= 4 is 11.9 Å². The van der Waals surface area contributed by atoms with E-state index in [1.165, 1.54) is 30.2 Å². The molecule has 2 aromatic rings. The Kier molecular flexibility index (Phi) is 10.4. The van der Waals surface area contributed by atoms with Crippen molar-refractivity contribution < 1.29 is 37.0 Å². The monoisotopic (exact) mass is 539 g/mol. The van der Waals surface area contributed by atoms with E-state index in [-0.39, 0.29) is 55.1 Å². The molecular formula is C25H35F2N5O6. The van der Waals surface area contributed by atoms with E-state index in [2.05, 4.69) is 9.72 Å². The predicted molar refractivity (Wildman–Crippen MR) is 133 cm³/mol. The first-order valence-corrected chi connectivity index (χ1v) is 12.6. The SMILES string of the molecule is CC.COC(=O)C1CN(CN)CCN1C(=O)c1nc(-c2ccc(OC(F)F)c(OCC3CC3)c2)oc1CN. The molecule has 13 heteroatoms. The van der Waals surface area contributed by atoms with Crippen molar-refractivity contribution in [3.63, 3.8) is 0 Å². The fourth-order valence-electron chi connectivity index (χ4n) is 3.94. The average molecular weight is 540 g/mol. The molecule has 0 radical (unpaired) electrons. The molecule has 1 aliphatic heterocycles. The molecule has 1 atom stereocenters. The maximum Gasteiger partial charge on any atom is 0.387 e. The molecule has 2 heterocycles. The minimum Gasteiger partial charge on any atom is -0.489 e. The number of rotatable bonds is 10. The summed E-state index contributed by atoms with van der Waals surface area (Å²) in [5.74, 6) is -0.571. The average Bonchev–Trinajstić information content (AvgIpc) is 3.67. The second-order valence-electron chi connectivity index (χ2n) is 8.59. The van der Waals surface area contributed by atoms with Crippen LogP contribution in [0.5, 0.6) is 11.5 Å². The molecule has 4 N–H and O–H groups in total. The van der Waals surface area contributed by atoms with Gasteiger partial charge < -0.3 is 35.0 Å². The van der Waals surface area contributed by atoms with Crippen LogP contribution in [-0.4, -0.2) is 79.3 Å². The number of carbonyl (C=O) groups is 2. The van der Waals surface area contributed by atoms with Gasteiger partial charge >= 0.3 is 12.6 Å². The van der Waals surface area contributed by atoms with Gasteiger partial charge in [0.05, 0.1) is 20.3 Å². The van der Waals surface area contributed by atoms with E-state index in [0.29, 0.717) is 24.6 Å². The van der Waals surface area contributed by atoms with E-state index < -0.39 is 24.5 Å². The number of piperazine rings is 1. The van der Waals surface area contributed by atoms with Crippen LogP contribution in [0.1, 0.15) is 42.9 Å². The van der Waals surface area contributed by atoms with Crippen LogP contribution >= 0.6 is 0 Å². The standard InChI is InChI=1S/C23H29F2N5O6.C2H6/c1-33-22(32)15-10-29(12-27)6-7-30(15)21(31)19-18(9-26)35-20(28-19)14-4-5-16(36-23(24)25)17(8-14)34-11-13-2-3-13;1-2/h4-5,8,13,15,23H,2-3,6-7,9-12,26-27H2,1H3;1-2H3. The van der Waals surface area contributed by atoms with Gasteiger partial charge in [0.15, 0.2) is 23.0 Å². The van der Waals surface area contributed by atoms with Gasteiger partial charge in [-0.25, -0.2) is 9.78 Å². The summed E-state index contributed by atoms with van der Waals surface area (Å²) in [6.07, 6.45) is 2.03. The van der Waals surface area contributed by atoms with E-state index in [4.69, 9.17) is 25.4 Å². The quantitative estimate of drug-likeness (QED) is 0.432. The van der Waals surface area contributed by atoms with Crippen LogP contribution in [0.15, 0.2) is 22.6 Å². The van der Waals surface area contributed by atoms with Crippen LogP contribution in [-0.2, 0) is 16.1 Å². The molecule has 4 rings (SSSR count). The summed E-state index contributed by atoms with van der Waals surface area (Å²) in [6.45, 7) is 2.36.